The van der Waals surface area contributed by atoms with E-state index >= 15 is 0 Å². The number of para-hydroxylation sites is 3. The van der Waals surface area contributed by atoms with Crippen molar-refractivity contribution in [3.63, 3.8) is 0 Å². The van der Waals surface area contributed by atoms with E-state index in [0.29, 0.717) is 0 Å². The molecule has 0 unspecified atom stereocenters. The number of rotatable bonds is 5. The Morgan fingerprint density at radius 2 is 0.902 bits per heavy atom. The van der Waals surface area contributed by atoms with Gasteiger partial charge in [0.25, 0.3) is 0 Å². The van der Waals surface area contributed by atoms with Crippen LogP contribution in [0.3, 0.4) is 0 Å². The lowest BCUT2D eigenvalue weighted by molar-refractivity contribution is 0.961. The fourth-order valence-corrected chi connectivity index (χ4v) is 7.97. The minimum Gasteiger partial charge on any atom is -0.336 e. The van der Waals surface area contributed by atoms with Gasteiger partial charge in [0, 0.05) is 39.8 Å². The van der Waals surface area contributed by atoms with E-state index < -0.39 is 0 Å². The molecule has 51 heavy (non-hydrogen) atoms. The summed E-state index contributed by atoms with van der Waals surface area (Å²) in [5, 5.41) is 2.52. The highest BCUT2D eigenvalue weighted by Gasteiger charge is 2.24. The molecular formula is C49H34N2. The van der Waals surface area contributed by atoms with E-state index in [2.05, 4.69) is 204 Å². The number of nitrogens with zero attached hydrogens (tertiary/aromatic N) is 2. The Kier molecular flexibility index (Phi) is 6.92. The zero-order valence-corrected chi connectivity index (χ0v) is 28.1. The van der Waals surface area contributed by atoms with Crippen molar-refractivity contribution in [3.05, 3.63) is 200 Å². The molecule has 0 aliphatic carbocycles. The smallest absolute Gasteiger partial charge is 0.0541 e. The Balaban J connectivity index is 1.05. The van der Waals surface area contributed by atoms with Crippen LogP contribution in [0.1, 0.15) is 5.56 Å². The number of fused-ring (bicyclic) bond motifs is 6. The SMILES string of the molecule is c1ccc(-c2ccc(N3Cc4ccc(-c5ccc6c(c5)c5ccccc5n6-c5ccccc5-c5ccccc5)cc4-c4ccccc43)cc2)cc1. The summed E-state index contributed by atoms with van der Waals surface area (Å²) in [7, 11) is 0. The molecule has 2 nitrogen and oxygen atoms in total. The third-order valence-corrected chi connectivity index (χ3v) is 10.4. The minimum absolute atomic E-state index is 0.824. The molecule has 0 fully saturated rings. The van der Waals surface area contributed by atoms with Crippen LogP contribution < -0.4 is 4.90 Å². The molecule has 1 aliphatic heterocycles. The van der Waals surface area contributed by atoms with Crippen molar-refractivity contribution in [1.29, 1.82) is 0 Å². The molecule has 240 valence electrons. The monoisotopic (exact) mass is 650 g/mol. The van der Waals surface area contributed by atoms with Gasteiger partial charge in [-0.1, -0.05) is 146 Å². The van der Waals surface area contributed by atoms with Crippen molar-refractivity contribution in [2.45, 2.75) is 6.54 Å². The molecule has 1 aliphatic rings. The topological polar surface area (TPSA) is 8.17 Å². The van der Waals surface area contributed by atoms with Gasteiger partial charge in [0.05, 0.1) is 16.7 Å². The van der Waals surface area contributed by atoms with E-state index in [1.54, 1.807) is 0 Å². The van der Waals surface area contributed by atoms with Gasteiger partial charge < -0.3 is 9.47 Å². The van der Waals surface area contributed by atoms with Crippen molar-refractivity contribution in [2.75, 3.05) is 4.90 Å². The zero-order valence-electron chi connectivity index (χ0n) is 28.1. The molecule has 1 aromatic heterocycles. The Bertz CT molecular complexity index is 2700. The van der Waals surface area contributed by atoms with Gasteiger partial charge in [-0.2, -0.15) is 0 Å². The molecule has 0 bridgehead atoms. The van der Waals surface area contributed by atoms with Crippen molar-refractivity contribution >= 4 is 33.2 Å². The van der Waals surface area contributed by atoms with Gasteiger partial charge in [0.2, 0.25) is 0 Å². The van der Waals surface area contributed by atoms with Gasteiger partial charge in [-0.25, -0.2) is 0 Å². The van der Waals surface area contributed by atoms with Gasteiger partial charge in [-0.15, -0.1) is 0 Å². The summed E-state index contributed by atoms with van der Waals surface area (Å²) in [6.07, 6.45) is 0. The van der Waals surface area contributed by atoms with Crippen LogP contribution in [0.2, 0.25) is 0 Å². The molecule has 0 amide bonds. The highest BCUT2D eigenvalue weighted by Crippen LogP contribution is 2.45. The van der Waals surface area contributed by atoms with E-state index in [-0.39, 0.29) is 0 Å². The predicted octanol–water partition coefficient (Wildman–Crippen LogP) is 13.1. The maximum Gasteiger partial charge on any atom is 0.0541 e. The molecule has 0 N–H and O–H groups in total. The van der Waals surface area contributed by atoms with Crippen molar-refractivity contribution in [3.8, 4) is 50.2 Å². The summed E-state index contributed by atoms with van der Waals surface area (Å²) in [4.78, 5) is 2.44. The highest BCUT2D eigenvalue weighted by molar-refractivity contribution is 6.11. The lowest BCUT2D eigenvalue weighted by atomic mass is 9.89. The summed E-state index contributed by atoms with van der Waals surface area (Å²) in [6.45, 7) is 0.824. The molecule has 10 rings (SSSR count). The average Bonchev–Trinajstić information content (AvgIpc) is 3.54. The third-order valence-electron chi connectivity index (χ3n) is 10.4. The Labute approximate surface area is 298 Å². The van der Waals surface area contributed by atoms with E-state index in [1.165, 1.54) is 88.9 Å². The molecular weight excluding hydrogens is 617 g/mol. The molecule has 0 atom stereocenters. The second-order valence-corrected chi connectivity index (χ2v) is 13.4. The number of hydrogen-bond acceptors (Lipinski definition) is 1. The number of benzene rings is 8. The lowest BCUT2D eigenvalue weighted by Crippen LogP contribution is -2.21. The molecule has 0 saturated heterocycles. The van der Waals surface area contributed by atoms with Crippen LogP contribution in [0.25, 0.3) is 72.0 Å². The van der Waals surface area contributed by atoms with Gasteiger partial charge in [0.1, 0.15) is 0 Å². The van der Waals surface area contributed by atoms with E-state index in [9.17, 15) is 0 Å². The first-order valence-electron chi connectivity index (χ1n) is 17.6. The number of hydrogen-bond donors (Lipinski definition) is 0. The summed E-state index contributed by atoms with van der Waals surface area (Å²) in [5.41, 5.74) is 17.3. The summed E-state index contributed by atoms with van der Waals surface area (Å²) in [6, 6.07) is 70.6. The fraction of sp³-hybridized carbons (Fsp3) is 0.0204. The Morgan fingerprint density at radius 1 is 0.333 bits per heavy atom. The Hall–Kier alpha value is -6.64. The fourth-order valence-electron chi connectivity index (χ4n) is 7.97. The van der Waals surface area contributed by atoms with Crippen molar-refractivity contribution in [2.24, 2.45) is 0 Å². The molecule has 0 radical (unpaired) electrons. The van der Waals surface area contributed by atoms with Crippen LogP contribution >= 0.6 is 0 Å². The lowest BCUT2D eigenvalue weighted by Gasteiger charge is -2.33. The van der Waals surface area contributed by atoms with Crippen molar-refractivity contribution < 1.29 is 0 Å². The zero-order chi connectivity index (χ0) is 33.7. The molecule has 2 heteroatoms. The van der Waals surface area contributed by atoms with Gasteiger partial charge in [0.15, 0.2) is 0 Å². The second-order valence-electron chi connectivity index (χ2n) is 13.4. The normalized spacial score (nSPS) is 12.2. The van der Waals surface area contributed by atoms with Crippen LogP contribution in [-0.2, 0) is 6.54 Å². The van der Waals surface area contributed by atoms with Gasteiger partial charge in [-0.05, 0) is 87.5 Å². The maximum absolute atomic E-state index is 2.44. The Morgan fingerprint density at radius 3 is 1.71 bits per heavy atom. The largest absolute Gasteiger partial charge is 0.336 e. The van der Waals surface area contributed by atoms with Crippen LogP contribution in [0.4, 0.5) is 11.4 Å². The molecule has 8 aromatic carbocycles. The second kappa shape index (κ2) is 12.0. The molecule has 2 heterocycles. The molecule has 0 spiro atoms. The standard InChI is InChI=1S/C49H34N2/c1-3-13-34(14-4-1)35-25-28-40(29-26-35)50-33-39-24-23-37(31-44(39)42-18-8-10-20-46(42)50)38-27-30-49-45(32-38)43-19-9-12-22-48(43)51(49)47-21-11-7-17-41(47)36-15-5-2-6-16-36/h1-32H,33H2. The van der Waals surface area contributed by atoms with E-state index in [4.69, 9.17) is 0 Å². The quantitative estimate of drug-likeness (QED) is 0.180. The van der Waals surface area contributed by atoms with Crippen LogP contribution in [0.5, 0.6) is 0 Å². The van der Waals surface area contributed by atoms with E-state index in [1.807, 2.05) is 0 Å². The average molecular weight is 651 g/mol. The highest BCUT2D eigenvalue weighted by atomic mass is 15.1. The predicted molar refractivity (Wildman–Crippen MR) is 215 cm³/mol. The maximum atomic E-state index is 2.44. The van der Waals surface area contributed by atoms with Crippen LogP contribution in [0, 0.1) is 0 Å². The van der Waals surface area contributed by atoms with Crippen molar-refractivity contribution in [1.82, 2.24) is 4.57 Å². The summed E-state index contributed by atoms with van der Waals surface area (Å²) in [5.74, 6) is 0. The third kappa shape index (κ3) is 4.95. The first-order valence-corrected chi connectivity index (χ1v) is 17.6. The first-order chi connectivity index (χ1) is 25.3. The molecule has 9 aromatic rings. The van der Waals surface area contributed by atoms with Gasteiger partial charge in [-0.3, -0.25) is 0 Å². The van der Waals surface area contributed by atoms with E-state index in [0.717, 1.165) is 6.54 Å². The van der Waals surface area contributed by atoms with Gasteiger partial charge >= 0.3 is 0 Å². The van der Waals surface area contributed by atoms with Crippen LogP contribution in [0.15, 0.2) is 194 Å². The number of aromatic nitrogens is 1. The number of anilines is 2. The minimum atomic E-state index is 0.824. The first kappa shape index (κ1) is 29.3. The van der Waals surface area contributed by atoms with Crippen LogP contribution in [-0.4, -0.2) is 4.57 Å². The molecule has 0 saturated carbocycles. The summed E-state index contributed by atoms with van der Waals surface area (Å²) >= 11 is 0. The summed E-state index contributed by atoms with van der Waals surface area (Å²) < 4.78 is 2.43.